The molecular formula is C10H13Br. The highest BCUT2D eigenvalue weighted by atomic mass is 79.9. The summed E-state index contributed by atoms with van der Waals surface area (Å²) in [6.07, 6.45) is 3.95. The molecule has 0 atom stereocenters. The highest BCUT2D eigenvalue weighted by Crippen LogP contribution is 2.03. The van der Waals surface area contributed by atoms with Crippen molar-refractivity contribution in [3.63, 3.8) is 0 Å². The molecule has 11 heavy (non-hydrogen) atoms. The molecule has 0 radical (unpaired) electrons. The summed E-state index contributed by atoms with van der Waals surface area (Å²) in [4.78, 5) is 0. The average Bonchev–Trinajstić information content (AvgIpc) is 1.97. The van der Waals surface area contributed by atoms with Crippen LogP contribution in [0.1, 0.15) is 26.7 Å². The fourth-order valence-electron chi connectivity index (χ4n) is 0.574. The Kier molecular flexibility index (Phi) is 5.97. The molecule has 0 amide bonds. The van der Waals surface area contributed by atoms with Crippen molar-refractivity contribution in [1.82, 2.24) is 0 Å². The molecule has 0 N–H and O–H groups in total. The van der Waals surface area contributed by atoms with Crippen LogP contribution in [0.3, 0.4) is 0 Å². The molecule has 0 rings (SSSR count). The van der Waals surface area contributed by atoms with Crippen molar-refractivity contribution in [1.29, 1.82) is 0 Å². The molecule has 60 valence electrons. The van der Waals surface area contributed by atoms with Crippen LogP contribution in [0.2, 0.25) is 0 Å². The van der Waals surface area contributed by atoms with Gasteiger partial charge in [-0.05, 0) is 48.2 Å². The molecule has 0 heterocycles. The average molecular weight is 213 g/mol. The fraction of sp³-hybridized carbons (Fsp3) is 0.400. The molecule has 0 aromatic rings. The minimum atomic E-state index is 0.982. The Bertz CT molecular complexity index is 219. The third-order valence-corrected chi connectivity index (χ3v) is 1.37. The maximum Gasteiger partial charge on any atom is 0.0421 e. The van der Waals surface area contributed by atoms with Crippen LogP contribution in [-0.2, 0) is 0 Å². The van der Waals surface area contributed by atoms with E-state index in [2.05, 4.69) is 34.0 Å². The lowest BCUT2D eigenvalue weighted by Gasteiger charge is -1.89. The smallest absolute Gasteiger partial charge is 0.0421 e. The van der Waals surface area contributed by atoms with Gasteiger partial charge in [0.2, 0.25) is 0 Å². The van der Waals surface area contributed by atoms with Crippen molar-refractivity contribution in [3.8, 4) is 0 Å². The second kappa shape index (κ2) is 6.24. The minimum absolute atomic E-state index is 0.982. The topological polar surface area (TPSA) is 0 Å². The molecule has 0 aromatic heterocycles. The third kappa shape index (κ3) is 7.42. The lowest BCUT2D eigenvalue weighted by molar-refractivity contribution is 0.984. The van der Waals surface area contributed by atoms with Crippen LogP contribution in [0.15, 0.2) is 34.2 Å². The lowest BCUT2D eigenvalue weighted by atomic mass is 10.2. The molecular weight excluding hydrogens is 200 g/mol. The summed E-state index contributed by atoms with van der Waals surface area (Å²) in [6, 6.07) is 0. The van der Waals surface area contributed by atoms with E-state index in [1.54, 1.807) is 0 Å². The van der Waals surface area contributed by atoms with Gasteiger partial charge in [0.25, 0.3) is 0 Å². The second-order valence-corrected chi connectivity index (χ2v) is 3.58. The third-order valence-electron chi connectivity index (χ3n) is 1.17. The first kappa shape index (κ1) is 10.5. The predicted octanol–water partition coefficient (Wildman–Crippen LogP) is 3.95. The van der Waals surface area contributed by atoms with E-state index in [0.717, 1.165) is 17.3 Å². The first-order valence-corrected chi connectivity index (χ1v) is 4.40. The van der Waals surface area contributed by atoms with E-state index in [4.69, 9.17) is 0 Å². The van der Waals surface area contributed by atoms with Gasteiger partial charge in [-0.1, -0.05) is 17.5 Å². The van der Waals surface area contributed by atoms with Crippen LogP contribution < -0.4 is 0 Å². The quantitative estimate of drug-likeness (QED) is 0.491. The second-order valence-electron chi connectivity index (χ2n) is 2.39. The van der Waals surface area contributed by atoms with Gasteiger partial charge in [-0.2, -0.15) is 0 Å². The van der Waals surface area contributed by atoms with Gasteiger partial charge in [-0.3, -0.25) is 0 Å². The first-order valence-electron chi connectivity index (χ1n) is 3.61. The van der Waals surface area contributed by atoms with Gasteiger partial charge in [0.05, 0.1) is 0 Å². The van der Waals surface area contributed by atoms with Crippen molar-refractivity contribution < 1.29 is 0 Å². The highest BCUT2D eigenvalue weighted by Gasteiger charge is 1.83. The van der Waals surface area contributed by atoms with Crippen LogP contribution in [0.25, 0.3) is 0 Å². The molecule has 0 unspecified atom stereocenters. The molecule has 0 saturated heterocycles. The molecule has 0 aromatic carbocycles. The summed E-state index contributed by atoms with van der Waals surface area (Å²) < 4.78 is 0.982. The number of allylic oxidation sites excluding steroid dienone is 3. The summed E-state index contributed by atoms with van der Waals surface area (Å²) in [7, 11) is 0. The minimum Gasteiger partial charge on any atom is -0.103 e. The van der Waals surface area contributed by atoms with Crippen LogP contribution in [0.5, 0.6) is 0 Å². The summed E-state index contributed by atoms with van der Waals surface area (Å²) in [6.45, 7) is 7.64. The molecule has 0 fully saturated rings. The summed E-state index contributed by atoms with van der Waals surface area (Å²) in [5, 5.41) is 0. The van der Waals surface area contributed by atoms with Crippen LogP contribution in [0, 0.1) is 0 Å². The van der Waals surface area contributed by atoms with Crippen molar-refractivity contribution in [2.24, 2.45) is 0 Å². The van der Waals surface area contributed by atoms with E-state index in [9.17, 15) is 0 Å². The number of hydrogen-bond acceptors (Lipinski definition) is 0. The van der Waals surface area contributed by atoms with Crippen molar-refractivity contribution in [3.05, 3.63) is 34.2 Å². The number of rotatable bonds is 3. The Morgan fingerprint density at radius 1 is 1.45 bits per heavy atom. The van der Waals surface area contributed by atoms with E-state index in [-0.39, 0.29) is 0 Å². The highest BCUT2D eigenvalue weighted by molar-refractivity contribution is 9.11. The van der Waals surface area contributed by atoms with E-state index in [1.807, 2.05) is 19.9 Å². The fourth-order valence-corrected chi connectivity index (χ4v) is 0.673. The number of hydrogen-bond donors (Lipinski definition) is 0. The van der Waals surface area contributed by atoms with E-state index in [1.165, 1.54) is 5.57 Å². The zero-order chi connectivity index (χ0) is 8.69. The van der Waals surface area contributed by atoms with Gasteiger partial charge in [-0.25, -0.2) is 0 Å². The Balaban J connectivity index is 4.22. The van der Waals surface area contributed by atoms with E-state index < -0.39 is 0 Å². The normalized spacial score (nSPS) is 7.91. The Hall–Kier alpha value is -0.480. The van der Waals surface area contributed by atoms with Gasteiger partial charge >= 0.3 is 0 Å². The van der Waals surface area contributed by atoms with Gasteiger partial charge < -0.3 is 0 Å². The van der Waals surface area contributed by atoms with Gasteiger partial charge in [0, 0.05) is 4.48 Å². The Labute approximate surface area is 77.1 Å². The van der Waals surface area contributed by atoms with E-state index >= 15 is 0 Å². The molecule has 0 aliphatic rings. The molecule has 0 saturated carbocycles. The van der Waals surface area contributed by atoms with Crippen molar-refractivity contribution >= 4 is 15.9 Å². The zero-order valence-corrected chi connectivity index (χ0v) is 8.66. The Morgan fingerprint density at radius 2 is 2.09 bits per heavy atom. The summed E-state index contributed by atoms with van der Waals surface area (Å²) >= 11 is 3.28. The molecule has 0 nitrogen and oxygen atoms in total. The largest absolute Gasteiger partial charge is 0.103 e. The van der Waals surface area contributed by atoms with Crippen LogP contribution in [-0.4, -0.2) is 0 Å². The zero-order valence-electron chi connectivity index (χ0n) is 7.08. The van der Waals surface area contributed by atoms with Gasteiger partial charge in [0.15, 0.2) is 0 Å². The maximum absolute atomic E-state index is 3.65. The predicted molar refractivity (Wildman–Crippen MR) is 53.8 cm³/mol. The molecule has 0 spiro atoms. The molecule has 0 bridgehead atoms. The molecule has 1 heteroatoms. The SMILES string of the molecule is C=CCCC(C)=C=C=C(C)Br. The standard InChI is InChI=1S/C10H13Br/c1-4-5-6-9(2)7-8-10(3)11/h4H,1,5-6H2,2-3H3. The van der Waals surface area contributed by atoms with E-state index in [0.29, 0.717) is 0 Å². The molecule has 0 aliphatic carbocycles. The Morgan fingerprint density at radius 3 is 2.55 bits per heavy atom. The summed E-state index contributed by atoms with van der Waals surface area (Å²) in [5.41, 5.74) is 7.23. The van der Waals surface area contributed by atoms with Gasteiger partial charge in [-0.15, -0.1) is 6.58 Å². The monoisotopic (exact) mass is 212 g/mol. The lowest BCUT2D eigenvalue weighted by Crippen LogP contribution is -1.70. The molecule has 0 aliphatic heterocycles. The van der Waals surface area contributed by atoms with Crippen molar-refractivity contribution in [2.75, 3.05) is 0 Å². The van der Waals surface area contributed by atoms with Crippen LogP contribution >= 0.6 is 15.9 Å². The van der Waals surface area contributed by atoms with Gasteiger partial charge in [0.1, 0.15) is 0 Å². The van der Waals surface area contributed by atoms with Crippen LogP contribution in [0.4, 0.5) is 0 Å². The number of halogens is 1. The summed E-state index contributed by atoms with van der Waals surface area (Å²) in [5.74, 6) is 0. The maximum atomic E-state index is 3.65. The van der Waals surface area contributed by atoms with Crippen molar-refractivity contribution in [2.45, 2.75) is 26.7 Å². The first-order chi connectivity index (χ1) is 5.16.